The second-order valence-electron chi connectivity index (χ2n) is 20.4. The van der Waals surface area contributed by atoms with E-state index in [1.165, 1.54) is 121 Å². The van der Waals surface area contributed by atoms with Crippen LogP contribution in [0.25, 0.3) is 98.4 Å². The van der Waals surface area contributed by atoms with Crippen molar-refractivity contribution in [3.05, 3.63) is 253 Å². The molecule has 15 aromatic rings. The summed E-state index contributed by atoms with van der Waals surface area (Å²) in [5.74, 6) is 0. The number of para-hydroxylation sites is 2. The lowest BCUT2D eigenvalue weighted by Gasteiger charge is -2.26. The van der Waals surface area contributed by atoms with Crippen LogP contribution < -0.4 is 9.80 Å². The van der Waals surface area contributed by atoms with Crippen molar-refractivity contribution in [1.82, 2.24) is 8.80 Å². The number of rotatable bonds is 8. The summed E-state index contributed by atoms with van der Waals surface area (Å²) in [5, 5.41) is 9.99. The Morgan fingerprint density at radius 1 is 0.257 bits per heavy atom. The molecule has 15 rings (SSSR count). The van der Waals surface area contributed by atoms with Crippen LogP contribution in [0.15, 0.2) is 231 Å². The molecular weight excluding hydrogens is 897 g/mol. The Kier molecular flexibility index (Phi) is 9.19. The lowest BCUT2D eigenvalue weighted by atomic mass is 9.89. The standard InChI is InChI=1S/C70H50N4/c1-43-21-29-49(30-22-43)71(50-31-23-44(2)24-32-50)53-37-39-61-59(41-53)55-17-11-19-57-65-64(48-15-9-6-10-16-48)70-66(63(47-13-7-5-8-14-47)69(65)73(61)67(55)57)58-20-12-18-56-60-42-54(38-40-62(60)74(70)68(56)58)72(51-33-25-45(3)26-34-51)52-35-27-46(4)28-36-52/h5-42H,1-4H3. The molecule has 0 fully saturated rings. The van der Waals surface area contributed by atoms with Crippen LogP contribution in [0, 0.1) is 27.7 Å². The number of aryl methyl sites for hydroxylation is 4. The largest absolute Gasteiger partial charge is 0.310 e. The minimum absolute atomic E-state index is 1.12. The number of hydrogen-bond acceptors (Lipinski definition) is 2. The Morgan fingerprint density at radius 2 is 0.568 bits per heavy atom. The van der Waals surface area contributed by atoms with Crippen molar-refractivity contribution < 1.29 is 0 Å². The van der Waals surface area contributed by atoms with Crippen LogP contribution in [0.3, 0.4) is 0 Å². The molecule has 0 saturated heterocycles. The summed E-state index contributed by atoms with van der Waals surface area (Å²) in [7, 11) is 0. The Balaban J connectivity index is 1.07. The first-order valence-electron chi connectivity index (χ1n) is 25.8. The number of hydrogen-bond donors (Lipinski definition) is 0. The molecule has 4 heteroatoms. The SMILES string of the molecule is Cc1ccc(N(c2ccc(C)cc2)c2ccc3c(c2)c2cccc4c5c(-c6ccccc6)c6c(c(-c7ccccc7)c5n3c24)c2cccc3c4cc(N(c5ccc(C)cc5)c5ccc(C)cc5)ccc4n6c32)cc1. The highest BCUT2D eigenvalue weighted by molar-refractivity contribution is 6.38. The van der Waals surface area contributed by atoms with Crippen LogP contribution in [0.5, 0.6) is 0 Å². The van der Waals surface area contributed by atoms with Crippen molar-refractivity contribution in [3.8, 4) is 22.3 Å². The first-order chi connectivity index (χ1) is 36.4. The van der Waals surface area contributed by atoms with E-state index in [1.54, 1.807) is 0 Å². The lowest BCUT2D eigenvalue weighted by Crippen LogP contribution is -2.09. The van der Waals surface area contributed by atoms with Gasteiger partial charge in [-0.1, -0.05) is 168 Å². The van der Waals surface area contributed by atoms with Crippen LogP contribution >= 0.6 is 0 Å². The van der Waals surface area contributed by atoms with Gasteiger partial charge < -0.3 is 18.6 Å². The quantitative estimate of drug-likeness (QED) is 0.151. The molecule has 4 heterocycles. The fraction of sp³-hybridized carbons (Fsp3) is 0.0571. The monoisotopic (exact) mass is 946 g/mol. The Bertz CT molecular complexity index is 4250. The highest BCUT2D eigenvalue weighted by Crippen LogP contribution is 2.55. The molecule has 0 unspecified atom stereocenters. The fourth-order valence-electron chi connectivity index (χ4n) is 12.4. The summed E-state index contributed by atoms with van der Waals surface area (Å²) in [5.41, 5.74) is 24.0. The number of benzene rings is 11. The van der Waals surface area contributed by atoms with Gasteiger partial charge in [-0.15, -0.1) is 0 Å². The van der Waals surface area contributed by atoms with Gasteiger partial charge in [-0.3, -0.25) is 0 Å². The molecule has 4 nitrogen and oxygen atoms in total. The maximum Gasteiger partial charge on any atom is 0.0634 e. The van der Waals surface area contributed by atoms with Gasteiger partial charge in [-0.25, -0.2) is 0 Å². The third kappa shape index (κ3) is 6.15. The van der Waals surface area contributed by atoms with E-state index in [0.29, 0.717) is 0 Å². The zero-order chi connectivity index (χ0) is 49.3. The summed E-state index contributed by atoms with van der Waals surface area (Å²) in [6.07, 6.45) is 0. The molecule has 0 atom stereocenters. The van der Waals surface area contributed by atoms with Crippen molar-refractivity contribution in [2.75, 3.05) is 9.80 Å². The molecule has 0 saturated carbocycles. The molecule has 0 bridgehead atoms. The van der Waals surface area contributed by atoms with E-state index in [4.69, 9.17) is 0 Å². The van der Waals surface area contributed by atoms with Gasteiger partial charge in [0.05, 0.1) is 33.1 Å². The topological polar surface area (TPSA) is 15.3 Å². The van der Waals surface area contributed by atoms with Crippen molar-refractivity contribution in [1.29, 1.82) is 0 Å². The first-order valence-corrected chi connectivity index (χ1v) is 25.8. The van der Waals surface area contributed by atoms with Crippen molar-refractivity contribution in [3.63, 3.8) is 0 Å². The van der Waals surface area contributed by atoms with E-state index in [2.05, 4.69) is 277 Å². The van der Waals surface area contributed by atoms with Crippen LogP contribution in [-0.2, 0) is 0 Å². The molecule has 11 aromatic carbocycles. The second-order valence-corrected chi connectivity index (χ2v) is 20.4. The maximum absolute atomic E-state index is 2.61. The Morgan fingerprint density at radius 3 is 0.905 bits per heavy atom. The molecule has 0 aliphatic rings. The summed E-state index contributed by atoms with van der Waals surface area (Å²) in [6, 6.07) is 86.1. The van der Waals surface area contributed by atoms with Crippen LogP contribution in [0.4, 0.5) is 34.1 Å². The summed E-state index contributed by atoms with van der Waals surface area (Å²) >= 11 is 0. The van der Waals surface area contributed by atoms with Crippen LogP contribution in [0.1, 0.15) is 22.3 Å². The Labute approximate surface area is 429 Å². The molecule has 74 heavy (non-hydrogen) atoms. The van der Waals surface area contributed by atoms with Crippen molar-refractivity contribution in [2.45, 2.75) is 27.7 Å². The van der Waals surface area contributed by atoms with E-state index < -0.39 is 0 Å². The van der Waals surface area contributed by atoms with Gasteiger partial charge in [-0.05, 0) is 124 Å². The highest BCUT2D eigenvalue weighted by Gasteiger charge is 2.31. The van der Waals surface area contributed by atoms with Gasteiger partial charge in [0, 0.05) is 88.3 Å². The lowest BCUT2D eigenvalue weighted by molar-refractivity contribution is 1.27. The summed E-state index contributed by atoms with van der Waals surface area (Å²) in [4.78, 5) is 4.79. The average molecular weight is 947 g/mol. The zero-order valence-electron chi connectivity index (χ0n) is 41.7. The molecule has 0 spiro atoms. The molecule has 350 valence electrons. The van der Waals surface area contributed by atoms with Crippen LogP contribution in [0.2, 0.25) is 0 Å². The second kappa shape index (κ2) is 16.1. The zero-order valence-corrected chi connectivity index (χ0v) is 41.7. The minimum Gasteiger partial charge on any atom is -0.310 e. The van der Waals surface area contributed by atoms with Gasteiger partial charge >= 0.3 is 0 Å². The molecule has 0 N–H and O–H groups in total. The molecule has 0 aliphatic carbocycles. The summed E-state index contributed by atoms with van der Waals surface area (Å²) in [6.45, 7) is 8.61. The average Bonchev–Trinajstić information content (AvgIpc) is 4.25. The van der Waals surface area contributed by atoms with Gasteiger partial charge in [0.15, 0.2) is 0 Å². The summed E-state index contributed by atoms with van der Waals surface area (Å²) < 4.78 is 5.22. The predicted octanol–water partition coefficient (Wildman–Crippen LogP) is 19.5. The van der Waals surface area contributed by atoms with E-state index in [1.807, 2.05) is 0 Å². The van der Waals surface area contributed by atoms with Gasteiger partial charge in [0.2, 0.25) is 0 Å². The normalized spacial score (nSPS) is 12.1. The van der Waals surface area contributed by atoms with Gasteiger partial charge in [0.25, 0.3) is 0 Å². The van der Waals surface area contributed by atoms with E-state index >= 15 is 0 Å². The fourth-order valence-corrected chi connectivity index (χ4v) is 12.4. The minimum atomic E-state index is 1.12. The first kappa shape index (κ1) is 42.3. The molecular formula is C70H50N4. The van der Waals surface area contributed by atoms with Gasteiger partial charge in [-0.2, -0.15) is 0 Å². The molecule has 4 aromatic heterocycles. The number of nitrogens with zero attached hydrogens (tertiary/aromatic N) is 4. The van der Waals surface area contributed by atoms with Crippen LogP contribution in [-0.4, -0.2) is 8.80 Å². The van der Waals surface area contributed by atoms with E-state index in [-0.39, 0.29) is 0 Å². The maximum atomic E-state index is 2.61. The smallest absolute Gasteiger partial charge is 0.0634 e. The van der Waals surface area contributed by atoms with Gasteiger partial charge in [0.1, 0.15) is 0 Å². The third-order valence-corrected chi connectivity index (χ3v) is 15.8. The Hall–Kier alpha value is -9.38. The van der Waals surface area contributed by atoms with Crippen molar-refractivity contribution >= 4 is 110 Å². The number of fused-ring (bicyclic) bond motifs is 12. The number of aromatic nitrogens is 2. The predicted molar refractivity (Wildman–Crippen MR) is 315 cm³/mol. The molecule has 0 amide bonds. The van der Waals surface area contributed by atoms with E-state index in [0.717, 1.165) is 34.1 Å². The highest BCUT2D eigenvalue weighted by atomic mass is 15.1. The third-order valence-electron chi connectivity index (χ3n) is 15.8. The van der Waals surface area contributed by atoms with E-state index in [9.17, 15) is 0 Å². The molecule has 0 radical (unpaired) electrons. The van der Waals surface area contributed by atoms with Crippen molar-refractivity contribution in [2.24, 2.45) is 0 Å². The number of anilines is 6. The molecule has 0 aliphatic heterocycles.